The molecule has 0 radical (unpaired) electrons. The van der Waals surface area contributed by atoms with Crippen LogP contribution in [-0.4, -0.2) is 103 Å². The summed E-state index contributed by atoms with van der Waals surface area (Å²) in [6, 6.07) is 8.08. The summed E-state index contributed by atoms with van der Waals surface area (Å²) in [6.45, 7) is 8.68. The second-order valence-corrected chi connectivity index (χ2v) is 12.7. The maximum atomic E-state index is 14.0. The molecule has 1 aliphatic rings. The molecule has 4 N–H and O–H groups in total. The second-order valence-electron chi connectivity index (χ2n) is 11.8. The average Bonchev–Trinajstić information content (AvgIpc) is 3.16. The van der Waals surface area contributed by atoms with Gasteiger partial charge in [-0.25, -0.2) is 24.0 Å². The molecule has 0 bridgehead atoms. The minimum atomic E-state index is -4.70. The van der Waals surface area contributed by atoms with Crippen LogP contribution in [0, 0.1) is 0 Å². The first-order valence-electron chi connectivity index (χ1n) is 16.7. The van der Waals surface area contributed by atoms with Crippen molar-refractivity contribution < 1.29 is 57.2 Å². The number of carboxylic acids is 1. The number of aliphatic carboxylic acids is 1. The van der Waals surface area contributed by atoms with E-state index < -0.39 is 78.2 Å². The third kappa shape index (κ3) is 10.2. The molecule has 3 aromatic rings. The van der Waals surface area contributed by atoms with Crippen molar-refractivity contribution in [2.24, 2.45) is 0 Å². The molecule has 1 aromatic heterocycles. The number of hydrogen-bond donors (Lipinski definition) is 4. The molecular formula is C36H39BrF3N5O10. The zero-order valence-electron chi connectivity index (χ0n) is 30.1. The number of ether oxygens (including phenoxy) is 1. The van der Waals surface area contributed by atoms with Crippen LogP contribution in [-0.2, 0) is 33.5 Å². The summed E-state index contributed by atoms with van der Waals surface area (Å²) >= 11 is 2.87. The largest absolute Gasteiger partial charge is 0.479 e. The molecule has 0 fully saturated rings. The van der Waals surface area contributed by atoms with Crippen LogP contribution in [0.25, 0.3) is 5.69 Å². The van der Waals surface area contributed by atoms with Crippen LogP contribution in [0.3, 0.4) is 0 Å². The maximum Gasteiger partial charge on any atom is 0.417 e. The Balaban J connectivity index is 0.00000399. The number of rotatable bonds is 12. The van der Waals surface area contributed by atoms with Gasteiger partial charge in [-0.1, -0.05) is 35.9 Å². The molecule has 296 valence electrons. The normalized spacial score (nSPS) is 14.7. The molecule has 19 heteroatoms. The van der Waals surface area contributed by atoms with E-state index >= 15 is 0 Å². The minimum Gasteiger partial charge on any atom is -0.479 e. The molecule has 2 heterocycles. The summed E-state index contributed by atoms with van der Waals surface area (Å²) < 4.78 is 46.5. The van der Waals surface area contributed by atoms with Crippen molar-refractivity contribution in [1.82, 2.24) is 19.4 Å². The number of aliphatic hydroxyl groups excluding tert-OH is 2. The third-order valence-electron chi connectivity index (χ3n) is 8.20. The van der Waals surface area contributed by atoms with Crippen LogP contribution < -0.4 is 10.9 Å². The highest BCUT2D eigenvalue weighted by Gasteiger charge is 2.36. The van der Waals surface area contributed by atoms with Gasteiger partial charge in [0.2, 0.25) is 5.95 Å². The fourth-order valence-electron chi connectivity index (χ4n) is 5.32. The number of aromatic nitrogens is 2. The summed E-state index contributed by atoms with van der Waals surface area (Å²) in [5.41, 5.74) is -0.937. The molecule has 0 saturated heterocycles. The lowest BCUT2D eigenvalue weighted by atomic mass is 9.98. The molecule has 2 unspecified atom stereocenters. The monoisotopic (exact) mass is 837 g/mol. The van der Waals surface area contributed by atoms with Gasteiger partial charge >= 0.3 is 18.2 Å². The Labute approximate surface area is 321 Å². The van der Waals surface area contributed by atoms with Crippen LogP contribution in [0.5, 0.6) is 0 Å². The first-order valence-corrected chi connectivity index (χ1v) is 17.5. The number of carbonyl (C=O) groups excluding carboxylic acids is 4. The highest BCUT2D eigenvalue weighted by atomic mass is 79.9. The highest BCUT2D eigenvalue weighted by molar-refractivity contribution is 9.10. The van der Waals surface area contributed by atoms with Gasteiger partial charge in [-0.3, -0.25) is 19.2 Å². The smallest absolute Gasteiger partial charge is 0.417 e. The molecule has 0 aliphatic carbocycles. The quantitative estimate of drug-likeness (QED) is 0.189. The number of aliphatic hydroxyl groups is 2. The van der Waals surface area contributed by atoms with E-state index in [0.29, 0.717) is 4.90 Å². The molecular weight excluding hydrogens is 799 g/mol. The number of benzene rings is 2. The zero-order valence-corrected chi connectivity index (χ0v) is 31.7. The number of amides is 3. The van der Waals surface area contributed by atoms with Crippen LogP contribution in [0.15, 0.2) is 64.4 Å². The van der Waals surface area contributed by atoms with Gasteiger partial charge in [0.25, 0.3) is 17.4 Å². The second kappa shape index (κ2) is 18.8. The zero-order chi connectivity index (χ0) is 41.4. The number of nitrogens with zero attached hydrogens (tertiary/aromatic N) is 4. The predicted octanol–water partition coefficient (Wildman–Crippen LogP) is 4.20. The van der Waals surface area contributed by atoms with Crippen molar-refractivity contribution in [3.63, 3.8) is 0 Å². The van der Waals surface area contributed by atoms with E-state index in [9.17, 15) is 52.2 Å². The predicted molar refractivity (Wildman–Crippen MR) is 195 cm³/mol. The minimum absolute atomic E-state index is 0.00625. The number of hydrogen-bond acceptors (Lipinski definition) is 11. The summed E-state index contributed by atoms with van der Waals surface area (Å²) in [5.74, 6) is -4.38. The number of Topliss-reactive ketones (excluding diaryl/α,β-unsaturated/α-hetero) is 1. The number of imide groups is 1. The SMILES string of the molecule is C=CCNc1nc2c(c(=O)n1-c1ccc(C(=O)N(C)C(=O)OCCC(=O)C(O)C(O)C(=O)O)cc1)C[C@@H](C)N(C(=O)c1ccc(Br)c(C(F)(F)F)c1)C2.CC. The third-order valence-corrected chi connectivity index (χ3v) is 8.90. The van der Waals surface area contributed by atoms with Crippen LogP contribution in [0.1, 0.15) is 64.7 Å². The van der Waals surface area contributed by atoms with E-state index in [1.165, 1.54) is 45.9 Å². The molecule has 3 amide bonds. The van der Waals surface area contributed by atoms with Gasteiger partial charge in [0.05, 0.1) is 23.5 Å². The lowest BCUT2D eigenvalue weighted by Crippen LogP contribution is -2.46. The standard InChI is InChI=1S/C34H33BrF3N5O10.C2H6/c1-4-12-39-32-40-24-16-42(29(48)19-7-10-23(35)22(15-19)34(36,37)38)17(2)14-21(24)30(49)43(32)20-8-5-18(6-9-20)28(47)41(3)33(52)53-13-11-25(44)26(45)27(46)31(50)51;1-2/h4-10,15,17,26-27,45-46H,1,11-14,16H2,2-3H3,(H,39,40)(H,50,51);1-2H3/t17-,26?,27?;/m1./s1. The van der Waals surface area contributed by atoms with Gasteiger partial charge in [-0.05, 0) is 55.8 Å². The maximum absolute atomic E-state index is 14.0. The molecule has 0 saturated carbocycles. The van der Waals surface area contributed by atoms with Crippen LogP contribution in [0.4, 0.5) is 23.9 Å². The topological polar surface area (TPSA) is 209 Å². The van der Waals surface area contributed by atoms with E-state index in [0.717, 1.165) is 19.2 Å². The van der Waals surface area contributed by atoms with E-state index in [-0.39, 0.29) is 58.0 Å². The molecule has 15 nitrogen and oxygen atoms in total. The molecule has 4 rings (SSSR count). The van der Waals surface area contributed by atoms with Crippen molar-refractivity contribution in [3.05, 3.63) is 97.9 Å². The van der Waals surface area contributed by atoms with E-state index in [4.69, 9.17) is 9.84 Å². The molecule has 3 atom stereocenters. The molecule has 55 heavy (non-hydrogen) atoms. The van der Waals surface area contributed by atoms with Gasteiger partial charge in [0, 0.05) is 47.2 Å². The Bertz CT molecular complexity index is 2010. The van der Waals surface area contributed by atoms with Crippen molar-refractivity contribution in [3.8, 4) is 5.69 Å². The molecule has 0 spiro atoms. The van der Waals surface area contributed by atoms with Crippen molar-refractivity contribution in [1.29, 1.82) is 0 Å². The summed E-state index contributed by atoms with van der Waals surface area (Å²) in [7, 11) is 1.10. The van der Waals surface area contributed by atoms with Crippen molar-refractivity contribution in [2.45, 2.75) is 64.6 Å². The van der Waals surface area contributed by atoms with E-state index in [1.54, 1.807) is 6.92 Å². The number of nitrogens with one attached hydrogen (secondary N) is 1. The van der Waals surface area contributed by atoms with Crippen LogP contribution in [0.2, 0.25) is 0 Å². The van der Waals surface area contributed by atoms with Gasteiger partial charge < -0.3 is 30.3 Å². The number of alkyl halides is 3. The highest BCUT2D eigenvalue weighted by Crippen LogP contribution is 2.36. The van der Waals surface area contributed by atoms with Gasteiger partial charge in [-0.15, -0.1) is 6.58 Å². The van der Waals surface area contributed by atoms with Crippen molar-refractivity contribution >= 4 is 51.5 Å². The number of carboxylic acid groups (broad SMARTS) is 1. The number of anilines is 1. The molecule has 1 aliphatic heterocycles. The van der Waals surface area contributed by atoms with Gasteiger partial charge in [0.15, 0.2) is 11.9 Å². The number of fused-ring (bicyclic) bond motifs is 1. The number of carbonyl (C=O) groups is 5. The first kappa shape index (κ1) is 44.0. The number of ketones is 1. The average molecular weight is 839 g/mol. The Morgan fingerprint density at radius 3 is 2.29 bits per heavy atom. The summed E-state index contributed by atoms with van der Waals surface area (Å²) in [6.07, 6.45) is -9.57. The summed E-state index contributed by atoms with van der Waals surface area (Å²) in [5, 5.41) is 30.5. The van der Waals surface area contributed by atoms with E-state index in [1.807, 2.05) is 13.8 Å². The Morgan fingerprint density at radius 1 is 1.09 bits per heavy atom. The van der Waals surface area contributed by atoms with Crippen molar-refractivity contribution in [2.75, 3.05) is 25.5 Å². The fourth-order valence-corrected chi connectivity index (χ4v) is 5.79. The van der Waals surface area contributed by atoms with E-state index in [2.05, 4.69) is 32.8 Å². The van der Waals surface area contributed by atoms with Crippen LogP contribution >= 0.6 is 15.9 Å². The summed E-state index contributed by atoms with van der Waals surface area (Å²) in [4.78, 5) is 82.0. The van der Waals surface area contributed by atoms with Gasteiger partial charge in [0.1, 0.15) is 12.7 Å². The number of halogens is 4. The molecule has 2 aromatic carbocycles. The Hall–Kier alpha value is -5.40. The lowest BCUT2D eigenvalue weighted by molar-refractivity contribution is -0.157. The van der Waals surface area contributed by atoms with Gasteiger partial charge in [-0.2, -0.15) is 13.2 Å². The first-order chi connectivity index (χ1) is 25.9. The Morgan fingerprint density at radius 2 is 1.71 bits per heavy atom. The lowest BCUT2D eigenvalue weighted by Gasteiger charge is -2.34. The fraction of sp³-hybridized carbons (Fsp3) is 0.361. The Kier molecular flexibility index (Phi) is 15.0.